The predicted molar refractivity (Wildman–Crippen MR) is 67.0 cm³/mol. The van der Waals surface area contributed by atoms with Crippen molar-refractivity contribution in [3.05, 3.63) is 0 Å². The summed E-state index contributed by atoms with van der Waals surface area (Å²) in [4.78, 5) is 0. The summed E-state index contributed by atoms with van der Waals surface area (Å²) < 4.78 is 0. The standard InChI is InChI=1S/C13H27Cl/c1-5-8-10-13(7-3,11-14)12(4)9-6-2/h12H,5-11H2,1-4H3. The zero-order valence-electron chi connectivity index (χ0n) is 10.4. The maximum absolute atomic E-state index is 6.19. The molecule has 0 heterocycles. The van der Waals surface area contributed by atoms with Crippen LogP contribution in [0.2, 0.25) is 0 Å². The molecular weight excluding hydrogens is 192 g/mol. The minimum Gasteiger partial charge on any atom is -0.126 e. The Balaban J connectivity index is 4.33. The van der Waals surface area contributed by atoms with Crippen LogP contribution in [0.15, 0.2) is 0 Å². The maximum atomic E-state index is 6.19. The van der Waals surface area contributed by atoms with Gasteiger partial charge in [0.05, 0.1) is 0 Å². The van der Waals surface area contributed by atoms with Crippen molar-refractivity contribution >= 4 is 11.6 Å². The third-order valence-electron chi connectivity index (χ3n) is 3.77. The van der Waals surface area contributed by atoms with Gasteiger partial charge in [0.2, 0.25) is 0 Å². The van der Waals surface area contributed by atoms with E-state index in [-0.39, 0.29) is 0 Å². The molecule has 0 saturated carbocycles. The van der Waals surface area contributed by atoms with E-state index in [4.69, 9.17) is 11.6 Å². The summed E-state index contributed by atoms with van der Waals surface area (Å²) in [6.07, 6.45) is 7.77. The molecule has 14 heavy (non-hydrogen) atoms. The van der Waals surface area contributed by atoms with Gasteiger partial charge < -0.3 is 0 Å². The lowest BCUT2D eigenvalue weighted by Gasteiger charge is -2.37. The highest BCUT2D eigenvalue weighted by Crippen LogP contribution is 2.40. The number of alkyl halides is 1. The topological polar surface area (TPSA) is 0 Å². The summed E-state index contributed by atoms with van der Waals surface area (Å²) in [5.41, 5.74) is 0.410. The maximum Gasteiger partial charge on any atom is 0.0282 e. The van der Waals surface area contributed by atoms with Gasteiger partial charge in [-0.15, -0.1) is 11.6 Å². The average molecular weight is 219 g/mol. The van der Waals surface area contributed by atoms with Crippen LogP contribution in [-0.4, -0.2) is 5.88 Å². The third kappa shape index (κ3) is 3.81. The van der Waals surface area contributed by atoms with Gasteiger partial charge in [0.15, 0.2) is 0 Å². The SMILES string of the molecule is CCCCC(CC)(CCl)C(C)CCC. The molecule has 0 radical (unpaired) electrons. The Morgan fingerprint density at radius 2 is 1.79 bits per heavy atom. The van der Waals surface area contributed by atoms with Crippen LogP contribution in [0.1, 0.15) is 66.2 Å². The van der Waals surface area contributed by atoms with Gasteiger partial charge in [-0.2, -0.15) is 0 Å². The molecule has 0 nitrogen and oxygen atoms in total. The zero-order valence-corrected chi connectivity index (χ0v) is 11.2. The zero-order chi connectivity index (χ0) is 11.0. The van der Waals surface area contributed by atoms with Crippen LogP contribution in [-0.2, 0) is 0 Å². The van der Waals surface area contributed by atoms with E-state index in [1.165, 1.54) is 38.5 Å². The number of hydrogen-bond donors (Lipinski definition) is 0. The molecule has 0 aromatic heterocycles. The molecule has 0 spiro atoms. The van der Waals surface area contributed by atoms with Gasteiger partial charge in [0, 0.05) is 5.88 Å². The Labute approximate surface area is 95.4 Å². The van der Waals surface area contributed by atoms with E-state index < -0.39 is 0 Å². The number of unbranched alkanes of at least 4 members (excludes halogenated alkanes) is 1. The molecule has 2 atom stereocenters. The van der Waals surface area contributed by atoms with Gasteiger partial charge in [0.25, 0.3) is 0 Å². The molecule has 0 N–H and O–H groups in total. The second-order valence-corrected chi connectivity index (χ2v) is 4.91. The molecule has 2 unspecified atom stereocenters. The molecule has 86 valence electrons. The predicted octanol–water partition coefficient (Wildman–Crippen LogP) is 5.25. The van der Waals surface area contributed by atoms with Gasteiger partial charge in [0.1, 0.15) is 0 Å². The van der Waals surface area contributed by atoms with Crippen molar-refractivity contribution in [3.8, 4) is 0 Å². The molecule has 0 amide bonds. The molecule has 0 saturated heterocycles. The fourth-order valence-corrected chi connectivity index (χ4v) is 2.92. The Kier molecular flexibility index (Phi) is 7.72. The molecule has 0 bridgehead atoms. The summed E-state index contributed by atoms with van der Waals surface area (Å²) in [6, 6.07) is 0. The van der Waals surface area contributed by atoms with Gasteiger partial charge in [-0.25, -0.2) is 0 Å². The van der Waals surface area contributed by atoms with Gasteiger partial charge in [-0.05, 0) is 24.2 Å². The normalized spacial score (nSPS) is 17.8. The number of halogens is 1. The van der Waals surface area contributed by atoms with Crippen molar-refractivity contribution < 1.29 is 0 Å². The highest BCUT2D eigenvalue weighted by atomic mass is 35.5. The van der Waals surface area contributed by atoms with Crippen molar-refractivity contribution in [2.24, 2.45) is 11.3 Å². The molecule has 0 fully saturated rings. The molecule has 0 aromatic rings. The largest absolute Gasteiger partial charge is 0.126 e. The van der Waals surface area contributed by atoms with Crippen LogP contribution in [0.5, 0.6) is 0 Å². The number of hydrogen-bond acceptors (Lipinski definition) is 0. The monoisotopic (exact) mass is 218 g/mol. The molecule has 0 rings (SSSR count). The highest BCUT2D eigenvalue weighted by molar-refractivity contribution is 6.18. The Morgan fingerprint density at radius 1 is 1.14 bits per heavy atom. The second kappa shape index (κ2) is 7.56. The minimum absolute atomic E-state index is 0.410. The van der Waals surface area contributed by atoms with Crippen LogP contribution in [0, 0.1) is 11.3 Å². The average Bonchev–Trinajstić information content (AvgIpc) is 2.21. The van der Waals surface area contributed by atoms with Gasteiger partial charge in [-0.1, -0.05) is 53.4 Å². The fraction of sp³-hybridized carbons (Fsp3) is 1.00. The van der Waals surface area contributed by atoms with E-state index in [1.54, 1.807) is 0 Å². The fourth-order valence-electron chi connectivity index (χ4n) is 2.33. The molecule has 1 heteroatoms. The van der Waals surface area contributed by atoms with Crippen molar-refractivity contribution in [3.63, 3.8) is 0 Å². The van der Waals surface area contributed by atoms with Crippen LogP contribution in [0.25, 0.3) is 0 Å². The first-order chi connectivity index (χ1) is 6.66. The van der Waals surface area contributed by atoms with Crippen molar-refractivity contribution in [1.82, 2.24) is 0 Å². The lowest BCUT2D eigenvalue weighted by molar-refractivity contribution is 0.164. The van der Waals surface area contributed by atoms with E-state index in [1.807, 2.05) is 0 Å². The van der Waals surface area contributed by atoms with Crippen LogP contribution >= 0.6 is 11.6 Å². The summed E-state index contributed by atoms with van der Waals surface area (Å²) in [7, 11) is 0. The highest BCUT2D eigenvalue weighted by Gasteiger charge is 2.32. The quantitative estimate of drug-likeness (QED) is 0.489. The summed E-state index contributed by atoms with van der Waals surface area (Å²) >= 11 is 6.19. The van der Waals surface area contributed by atoms with Gasteiger partial charge in [-0.3, -0.25) is 0 Å². The Hall–Kier alpha value is 0.290. The molecular formula is C13H27Cl. The smallest absolute Gasteiger partial charge is 0.0282 e. The molecule has 0 aromatic carbocycles. The summed E-state index contributed by atoms with van der Waals surface area (Å²) in [5, 5.41) is 0. The summed E-state index contributed by atoms with van der Waals surface area (Å²) in [5.74, 6) is 1.62. The van der Waals surface area contributed by atoms with Crippen molar-refractivity contribution in [2.45, 2.75) is 66.2 Å². The summed E-state index contributed by atoms with van der Waals surface area (Å²) in [6.45, 7) is 9.21. The molecule has 0 aliphatic rings. The number of rotatable bonds is 8. The first-order valence-corrected chi connectivity index (χ1v) is 6.76. The van der Waals surface area contributed by atoms with Crippen molar-refractivity contribution in [2.75, 3.05) is 5.88 Å². The molecule has 0 aliphatic carbocycles. The van der Waals surface area contributed by atoms with E-state index in [2.05, 4.69) is 27.7 Å². The lowest BCUT2D eigenvalue weighted by Crippen LogP contribution is -2.30. The van der Waals surface area contributed by atoms with Crippen LogP contribution in [0.4, 0.5) is 0 Å². The second-order valence-electron chi connectivity index (χ2n) is 4.64. The third-order valence-corrected chi connectivity index (χ3v) is 4.30. The minimum atomic E-state index is 0.410. The molecule has 0 aliphatic heterocycles. The van der Waals surface area contributed by atoms with Crippen molar-refractivity contribution in [1.29, 1.82) is 0 Å². The first-order valence-electron chi connectivity index (χ1n) is 6.22. The van der Waals surface area contributed by atoms with E-state index in [0.29, 0.717) is 5.41 Å². The van der Waals surface area contributed by atoms with Crippen LogP contribution < -0.4 is 0 Å². The van der Waals surface area contributed by atoms with Crippen LogP contribution in [0.3, 0.4) is 0 Å². The van der Waals surface area contributed by atoms with E-state index >= 15 is 0 Å². The lowest BCUT2D eigenvalue weighted by atomic mass is 9.70. The van der Waals surface area contributed by atoms with Gasteiger partial charge >= 0.3 is 0 Å². The Morgan fingerprint density at radius 3 is 2.14 bits per heavy atom. The van der Waals surface area contributed by atoms with E-state index in [9.17, 15) is 0 Å². The Bertz CT molecular complexity index is 127. The van der Waals surface area contributed by atoms with E-state index in [0.717, 1.165) is 11.8 Å². The first kappa shape index (κ1) is 14.3.